The smallest absolute Gasteiger partial charge is 0.247 e. The molecule has 2 amide bonds. The van der Waals surface area contributed by atoms with Crippen LogP contribution in [0, 0.1) is 11.5 Å². The minimum atomic E-state index is -0.582. The Morgan fingerprint density at radius 1 is 1.10 bits per heavy atom. The van der Waals surface area contributed by atoms with E-state index in [1.54, 1.807) is 4.90 Å². The fraction of sp³-hybridized carbons (Fsp3) is 0.565. The summed E-state index contributed by atoms with van der Waals surface area (Å²) in [5, 5.41) is 15.1. The standard InChI is InChI=1S/C23H30N6O2/c24-16-25-23(26-19-13-17-7-1-2-8-18(17)14-19)27-20-9-3-4-12-29(22(20)31)15-21(30)28-10-5-6-11-28/h1-2,7-8,19-20H,3-6,9-15H2,(H2,25,26,27). The van der Waals surface area contributed by atoms with E-state index < -0.39 is 6.04 Å². The molecule has 0 spiro atoms. The molecule has 2 fully saturated rings. The van der Waals surface area contributed by atoms with E-state index in [0.717, 1.165) is 51.6 Å². The van der Waals surface area contributed by atoms with E-state index >= 15 is 0 Å². The van der Waals surface area contributed by atoms with Crippen LogP contribution in [-0.4, -0.2) is 65.8 Å². The number of carbonyl (C=O) groups is 2. The third-order valence-corrected chi connectivity index (χ3v) is 6.39. The molecular formula is C23H30N6O2. The number of nitriles is 1. The van der Waals surface area contributed by atoms with E-state index in [-0.39, 0.29) is 24.4 Å². The van der Waals surface area contributed by atoms with Gasteiger partial charge in [0.25, 0.3) is 0 Å². The van der Waals surface area contributed by atoms with Crippen LogP contribution in [-0.2, 0) is 22.4 Å². The van der Waals surface area contributed by atoms with Gasteiger partial charge in [-0.2, -0.15) is 5.26 Å². The Hall–Kier alpha value is -3.08. The van der Waals surface area contributed by atoms with Crippen molar-refractivity contribution in [1.29, 1.82) is 5.26 Å². The van der Waals surface area contributed by atoms with Gasteiger partial charge in [0, 0.05) is 25.7 Å². The quantitative estimate of drug-likeness (QED) is 0.328. The van der Waals surface area contributed by atoms with Crippen molar-refractivity contribution in [2.45, 2.75) is 57.0 Å². The second-order valence-electron chi connectivity index (χ2n) is 8.59. The second kappa shape index (κ2) is 9.82. The molecule has 0 saturated carbocycles. The minimum absolute atomic E-state index is 0.0210. The molecule has 1 unspecified atom stereocenters. The predicted molar refractivity (Wildman–Crippen MR) is 117 cm³/mol. The molecule has 8 nitrogen and oxygen atoms in total. The number of nitrogens with one attached hydrogen (secondary N) is 2. The Balaban J connectivity index is 1.42. The van der Waals surface area contributed by atoms with Crippen molar-refractivity contribution in [3.05, 3.63) is 35.4 Å². The molecule has 0 radical (unpaired) electrons. The van der Waals surface area contributed by atoms with Gasteiger partial charge in [0.1, 0.15) is 6.04 Å². The number of carbonyl (C=O) groups excluding carboxylic acids is 2. The van der Waals surface area contributed by atoms with Gasteiger partial charge in [-0.15, -0.1) is 0 Å². The molecule has 8 heteroatoms. The summed E-state index contributed by atoms with van der Waals surface area (Å²) in [6, 6.07) is 7.86. The first-order chi connectivity index (χ1) is 15.1. The average Bonchev–Trinajstić information content (AvgIpc) is 3.40. The molecule has 1 aliphatic carbocycles. The monoisotopic (exact) mass is 422 g/mol. The van der Waals surface area contributed by atoms with Crippen LogP contribution in [0.2, 0.25) is 0 Å². The first kappa shape index (κ1) is 21.2. The maximum Gasteiger partial charge on any atom is 0.247 e. The number of nitrogens with zero attached hydrogens (tertiary/aromatic N) is 4. The fourth-order valence-electron chi connectivity index (χ4n) is 4.76. The first-order valence-electron chi connectivity index (χ1n) is 11.3. The summed E-state index contributed by atoms with van der Waals surface area (Å²) in [7, 11) is 0. The SMILES string of the molecule is N#CNC(=NC1CCCCN(CC(=O)N2CCCC2)C1=O)NC1Cc2ccccc2C1. The van der Waals surface area contributed by atoms with Gasteiger partial charge < -0.3 is 15.1 Å². The number of rotatable bonds is 4. The molecule has 2 N–H and O–H groups in total. The molecule has 1 atom stereocenters. The molecule has 164 valence electrons. The van der Waals surface area contributed by atoms with Gasteiger partial charge in [0.05, 0.1) is 6.54 Å². The molecule has 31 heavy (non-hydrogen) atoms. The van der Waals surface area contributed by atoms with Crippen LogP contribution in [0.3, 0.4) is 0 Å². The van der Waals surface area contributed by atoms with Gasteiger partial charge in [-0.3, -0.25) is 14.9 Å². The summed E-state index contributed by atoms with van der Waals surface area (Å²) in [6.45, 7) is 2.27. The second-order valence-corrected chi connectivity index (χ2v) is 8.59. The van der Waals surface area contributed by atoms with Gasteiger partial charge in [-0.1, -0.05) is 24.3 Å². The van der Waals surface area contributed by atoms with Gasteiger partial charge in [0.15, 0.2) is 6.19 Å². The zero-order valence-electron chi connectivity index (χ0n) is 17.8. The van der Waals surface area contributed by atoms with Gasteiger partial charge in [-0.05, 0) is 56.1 Å². The van der Waals surface area contributed by atoms with E-state index in [2.05, 4.69) is 27.8 Å². The number of fused-ring (bicyclic) bond motifs is 1. The highest BCUT2D eigenvalue weighted by Crippen LogP contribution is 2.22. The highest BCUT2D eigenvalue weighted by molar-refractivity contribution is 5.91. The molecule has 1 aromatic rings. The Morgan fingerprint density at radius 3 is 2.45 bits per heavy atom. The van der Waals surface area contributed by atoms with Crippen molar-refractivity contribution in [3.63, 3.8) is 0 Å². The van der Waals surface area contributed by atoms with Crippen molar-refractivity contribution in [1.82, 2.24) is 20.4 Å². The number of aliphatic imine (C=N–C) groups is 1. The lowest BCUT2D eigenvalue weighted by atomic mass is 10.1. The van der Waals surface area contributed by atoms with Crippen LogP contribution in [0.1, 0.15) is 43.2 Å². The van der Waals surface area contributed by atoms with Crippen molar-refractivity contribution < 1.29 is 9.59 Å². The van der Waals surface area contributed by atoms with Crippen LogP contribution in [0.4, 0.5) is 0 Å². The number of likely N-dealkylation sites (tertiary alicyclic amines) is 2. The third kappa shape index (κ3) is 5.16. The number of benzene rings is 1. The van der Waals surface area contributed by atoms with Crippen molar-refractivity contribution >= 4 is 17.8 Å². The maximum atomic E-state index is 13.2. The van der Waals surface area contributed by atoms with Crippen LogP contribution < -0.4 is 10.6 Å². The summed E-state index contributed by atoms with van der Waals surface area (Å²) < 4.78 is 0. The molecule has 2 saturated heterocycles. The zero-order chi connectivity index (χ0) is 21.6. The Kier molecular flexibility index (Phi) is 6.70. The van der Waals surface area contributed by atoms with Crippen LogP contribution in [0.15, 0.2) is 29.3 Å². The lowest BCUT2D eigenvalue weighted by molar-refractivity contribution is -0.140. The molecule has 1 aromatic carbocycles. The van der Waals surface area contributed by atoms with Crippen molar-refractivity contribution in [2.24, 2.45) is 4.99 Å². The maximum absolute atomic E-state index is 13.2. The average molecular weight is 423 g/mol. The van der Waals surface area contributed by atoms with Crippen molar-refractivity contribution in [3.8, 4) is 6.19 Å². The topological polar surface area (TPSA) is 101 Å². The highest BCUT2D eigenvalue weighted by Gasteiger charge is 2.31. The number of guanidine groups is 1. The van der Waals surface area contributed by atoms with E-state index in [0.29, 0.717) is 18.9 Å². The van der Waals surface area contributed by atoms with Gasteiger partial charge in [-0.25, -0.2) is 4.99 Å². The molecule has 0 bridgehead atoms. The summed E-state index contributed by atoms with van der Waals surface area (Å²) in [5.41, 5.74) is 2.60. The summed E-state index contributed by atoms with van der Waals surface area (Å²) in [4.78, 5) is 33.8. The Bertz CT molecular complexity index is 861. The van der Waals surface area contributed by atoms with E-state index in [4.69, 9.17) is 0 Å². The normalized spacial score (nSPS) is 22.1. The van der Waals surface area contributed by atoms with Gasteiger partial charge >= 0.3 is 0 Å². The number of hydrogen-bond acceptors (Lipinski definition) is 4. The highest BCUT2D eigenvalue weighted by atomic mass is 16.2. The Labute approximate surface area is 183 Å². The van der Waals surface area contributed by atoms with E-state index in [1.807, 2.05) is 23.2 Å². The predicted octanol–water partition coefficient (Wildman–Crippen LogP) is 1.17. The van der Waals surface area contributed by atoms with E-state index in [1.165, 1.54) is 11.1 Å². The lowest BCUT2D eigenvalue weighted by Crippen LogP contribution is -2.47. The number of amides is 2. The molecule has 0 aromatic heterocycles. The summed E-state index contributed by atoms with van der Waals surface area (Å²) in [5.74, 6) is 0.234. The third-order valence-electron chi connectivity index (χ3n) is 6.39. The van der Waals surface area contributed by atoms with Crippen molar-refractivity contribution in [2.75, 3.05) is 26.2 Å². The molecule has 4 rings (SSSR count). The lowest BCUT2D eigenvalue weighted by Gasteiger charge is -2.25. The number of hydrogen-bond donors (Lipinski definition) is 2. The molecule has 3 aliphatic rings. The first-order valence-corrected chi connectivity index (χ1v) is 11.3. The minimum Gasteiger partial charge on any atom is -0.352 e. The largest absolute Gasteiger partial charge is 0.352 e. The van der Waals surface area contributed by atoms with Crippen LogP contribution >= 0.6 is 0 Å². The molecule has 2 aliphatic heterocycles. The van der Waals surface area contributed by atoms with E-state index in [9.17, 15) is 14.9 Å². The van der Waals surface area contributed by atoms with Crippen LogP contribution in [0.25, 0.3) is 0 Å². The van der Waals surface area contributed by atoms with Gasteiger partial charge in [0.2, 0.25) is 17.8 Å². The molecular weight excluding hydrogens is 392 g/mol. The summed E-state index contributed by atoms with van der Waals surface area (Å²) >= 11 is 0. The fourth-order valence-corrected chi connectivity index (χ4v) is 4.76. The Morgan fingerprint density at radius 2 is 1.77 bits per heavy atom. The zero-order valence-corrected chi connectivity index (χ0v) is 17.8. The molecule has 2 heterocycles. The van der Waals surface area contributed by atoms with Crippen LogP contribution in [0.5, 0.6) is 0 Å². The summed E-state index contributed by atoms with van der Waals surface area (Å²) in [6.07, 6.45) is 8.06.